The molecule has 1 heterocycles. The zero-order chi connectivity index (χ0) is 15.5. The van der Waals surface area contributed by atoms with Crippen molar-refractivity contribution in [2.24, 2.45) is 5.41 Å². The van der Waals surface area contributed by atoms with Crippen molar-refractivity contribution in [1.29, 1.82) is 0 Å². The molecule has 0 saturated carbocycles. The maximum atomic E-state index is 12.7. The van der Waals surface area contributed by atoms with Crippen LogP contribution in [0.1, 0.15) is 26.7 Å². The fourth-order valence-electron chi connectivity index (χ4n) is 3.03. The third kappa shape index (κ3) is 3.63. The van der Waals surface area contributed by atoms with Crippen LogP contribution in [-0.2, 0) is 4.79 Å². The van der Waals surface area contributed by atoms with Crippen LogP contribution in [0.5, 0.6) is 0 Å². The summed E-state index contributed by atoms with van der Waals surface area (Å²) >= 11 is 0. The number of aliphatic hydroxyl groups is 1. The van der Waals surface area contributed by atoms with Gasteiger partial charge in [-0.05, 0) is 38.4 Å². The first-order valence-corrected chi connectivity index (χ1v) is 7.64. The molecule has 4 heteroatoms. The molecular formula is C17H26N2O2. The number of amides is 1. The summed E-state index contributed by atoms with van der Waals surface area (Å²) in [5, 5.41) is 9.55. The van der Waals surface area contributed by atoms with E-state index in [1.54, 1.807) is 4.90 Å². The van der Waals surface area contributed by atoms with Crippen LogP contribution in [0.15, 0.2) is 30.3 Å². The van der Waals surface area contributed by atoms with Crippen molar-refractivity contribution in [2.75, 3.05) is 31.6 Å². The summed E-state index contributed by atoms with van der Waals surface area (Å²) in [5.41, 5.74) is 0.828. The molecule has 0 aromatic heterocycles. The average molecular weight is 290 g/mol. The zero-order valence-corrected chi connectivity index (χ0v) is 13.2. The van der Waals surface area contributed by atoms with Gasteiger partial charge in [-0.2, -0.15) is 0 Å². The Morgan fingerprint density at radius 2 is 2.10 bits per heavy atom. The molecule has 1 N–H and O–H groups in total. The number of nitrogens with zero attached hydrogens (tertiary/aromatic N) is 2. The molecule has 2 atom stereocenters. The maximum Gasteiger partial charge on any atom is 0.243 e. The molecule has 116 valence electrons. The third-order valence-corrected chi connectivity index (χ3v) is 4.57. The standard InChI is InChI=1S/C17H26N2O2/c1-14(19-11-7-10-17(2,12-19)13-20)16(21)18(3)15-8-5-4-6-9-15/h4-6,8-9,14,20H,7,10-13H2,1-3H3. The molecule has 21 heavy (non-hydrogen) atoms. The summed E-state index contributed by atoms with van der Waals surface area (Å²) in [7, 11) is 1.82. The highest BCUT2D eigenvalue weighted by Crippen LogP contribution is 2.30. The number of aliphatic hydroxyl groups excluding tert-OH is 1. The second kappa shape index (κ2) is 6.58. The van der Waals surface area contributed by atoms with Crippen LogP contribution in [-0.4, -0.2) is 48.7 Å². The van der Waals surface area contributed by atoms with Crippen LogP contribution in [0.3, 0.4) is 0 Å². The molecule has 0 radical (unpaired) electrons. The predicted molar refractivity (Wildman–Crippen MR) is 85.3 cm³/mol. The molecule has 2 unspecified atom stereocenters. The summed E-state index contributed by atoms with van der Waals surface area (Å²) in [5.74, 6) is 0.100. The van der Waals surface area contributed by atoms with E-state index in [4.69, 9.17) is 0 Å². The number of hydrogen-bond donors (Lipinski definition) is 1. The summed E-state index contributed by atoms with van der Waals surface area (Å²) in [6.07, 6.45) is 2.05. The van der Waals surface area contributed by atoms with Crippen LogP contribution in [0.25, 0.3) is 0 Å². The fourth-order valence-corrected chi connectivity index (χ4v) is 3.03. The Balaban J connectivity index is 2.05. The van der Waals surface area contributed by atoms with Gasteiger partial charge in [0.2, 0.25) is 5.91 Å². The van der Waals surface area contributed by atoms with Crippen LogP contribution < -0.4 is 4.90 Å². The van der Waals surface area contributed by atoms with Crippen molar-refractivity contribution < 1.29 is 9.90 Å². The molecule has 1 aromatic carbocycles. The normalized spacial score (nSPS) is 24.6. The van der Waals surface area contributed by atoms with E-state index >= 15 is 0 Å². The van der Waals surface area contributed by atoms with Crippen LogP contribution in [0.2, 0.25) is 0 Å². The SMILES string of the molecule is CC(C(=O)N(C)c1ccccc1)N1CCCC(C)(CO)C1. The van der Waals surface area contributed by atoms with Crippen LogP contribution in [0.4, 0.5) is 5.69 Å². The minimum Gasteiger partial charge on any atom is -0.396 e. The van der Waals surface area contributed by atoms with Crippen molar-refractivity contribution in [3.05, 3.63) is 30.3 Å². The van der Waals surface area contributed by atoms with Crippen molar-refractivity contribution in [3.63, 3.8) is 0 Å². The van der Waals surface area contributed by atoms with Gasteiger partial charge in [-0.3, -0.25) is 9.69 Å². The smallest absolute Gasteiger partial charge is 0.243 e. The Bertz CT molecular complexity index is 477. The lowest BCUT2D eigenvalue weighted by atomic mass is 9.82. The summed E-state index contributed by atoms with van der Waals surface area (Å²) < 4.78 is 0. The van der Waals surface area contributed by atoms with Gasteiger partial charge in [0.25, 0.3) is 0 Å². The molecule has 0 bridgehead atoms. The first kappa shape index (κ1) is 16.0. The Hall–Kier alpha value is -1.39. The third-order valence-electron chi connectivity index (χ3n) is 4.57. The number of likely N-dealkylation sites (tertiary alicyclic amines) is 1. The van der Waals surface area contributed by atoms with E-state index in [1.165, 1.54) is 0 Å². The molecule has 0 spiro atoms. The quantitative estimate of drug-likeness (QED) is 0.924. The Kier molecular flexibility index (Phi) is 5.01. The Morgan fingerprint density at radius 1 is 1.43 bits per heavy atom. The Morgan fingerprint density at radius 3 is 2.71 bits per heavy atom. The summed E-state index contributed by atoms with van der Waals surface area (Å²) in [6.45, 7) is 5.94. The molecular weight excluding hydrogens is 264 g/mol. The highest BCUT2D eigenvalue weighted by atomic mass is 16.3. The summed E-state index contributed by atoms with van der Waals surface area (Å²) in [6, 6.07) is 9.54. The summed E-state index contributed by atoms with van der Waals surface area (Å²) in [4.78, 5) is 16.6. The van der Waals surface area contributed by atoms with E-state index in [9.17, 15) is 9.90 Å². The number of carbonyl (C=O) groups excluding carboxylic acids is 1. The van der Waals surface area contributed by atoms with Gasteiger partial charge in [0.15, 0.2) is 0 Å². The minimum atomic E-state index is -0.165. The van der Waals surface area contributed by atoms with Gasteiger partial charge in [0.1, 0.15) is 0 Å². The van der Waals surface area contributed by atoms with Crippen molar-refractivity contribution in [3.8, 4) is 0 Å². The predicted octanol–water partition coefficient (Wildman–Crippen LogP) is 2.13. The van der Waals surface area contributed by atoms with E-state index in [-0.39, 0.29) is 24.0 Å². The zero-order valence-electron chi connectivity index (χ0n) is 13.2. The van der Waals surface area contributed by atoms with Crippen molar-refractivity contribution in [1.82, 2.24) is 4.90 Å². The van der Waals surface area contributed by atoms with E-state index < -0.39 is 0 Å². The second-order valence-corrected chi connectivity index (χ2v) is 6.45. The molecule has 1 fully saturated rings. The molecule has 1 amide bonds. The number of piperidine rings is 1. The molecule has 4 nitrogen and oxygen atoms in total. The molecule has 2 rings (SSSR count). The van der Waals surface area contributed by atoms with Crippen molar-refractivity contribution >= 4 is 11.6 Å². The lowest BCUT2D eigenvalue weighted by Crippen LogP contribution is -2.52. The number of benzene rings is 1. The van der Waals surface area contributed by atoms with Gasteiger partial charge in [0.05, 0.1) is 6.04 Å². The molecule has 0 aliphatic carbocycles. The van der Waals surface area contributed by atoms with E-state index in [2.05, 4.69) is 11.8 Å². The largest absolute Gasteiger partial charge is 0.396 e. The molecule has 1 aromatic rings. The average Bonchev–Trinajstić information content (AvgIpc) is 2.53. The monoisotopic (exact) mass is 290 g/mol. The molecule has 1 aliphatic rings. The van der Waals surface area contributed by atoms with Gasteiger partial charge in [-0.25, -0.2) is 0 Å². The second-order valence-electron chi connectivity index (χ2n) is 6.45. The number of likely N-dealkylation sites (N-methyl/N-ethyl adjacent to an activating group) is 1. The van der Waals surface area contributed by atoms with E-state index in [1.807, 2.05) is 44.3 Å². The minimum absolute atomic E-state index is 0.0852. The van der Waals surface area contributed by atoms with E-state index in [0.29, 0.717) is 0 Å². The number of para-hydroxylation sites is 1. The van der Waals surface area contributed by atoms with Gasteiger partial charge in [0, 0.05) is 31.3 Å². The van der Waals surface area contributed by atoms with Crippen LogP contribution in [0, 0.1) is 5.41 Å². The number of rotatable bonds is 4. The lowest BCUT2D eigenvalue weighted by molar-refractivity contribution is -0.124. The van der Waals surface area contributed by atoms with Gasteiger partial charge < -0.3 is 10.0 Å². The van der Waals surface area contributed by atoms with Gasteiger partial charge in [-0.1, -0.05) is 25.1 Å². The number of anilines is 1. The lowest BCUT2D eigenvalue weighted by Gasteiger charge is -2.42. The molecule has 1 saturated heterocycles. The highest BCUT2D eigenvalue weighted by molar-refractivity contribution is 5.96. The first-order chi connectivity index (χ1) is 9.97. The van der Waals surface area contributed by atoms with Gasteiger partial charge in [-0.15, -0.1) is 0 Å². The fraction of sp³-hybridized carbons (Fsp3) is 0.588. The highest BCUT2D eigenvalue weighted by Gasteiger charge is 2.35. The van der Waals surface area contributed by atoms with Crippen molar-refractivity contribution in [2.45, 2.75) is 32.7 Å². The van der Waals surface area contributed by atoms with E-state index in [0.717, 1.165) is 31.6 Å². The molecule has 1 aliphatic heterocycles. The Labute approximate surface area is 127 Å². The first-order valence-electron chi connectivity index (χ1n) is 7.64. The number of hydrogen-bond acceptors (Lipinski definition) is 3. The van der Waals surface area contributed by atoms with Gasteiger partial charge >= 0.3 is 0 Å². The maximum absolute atomic E-state index is 12.7. The topological polar surface area (TPSA) is 43.8 Å². The van der Waals surface area contributed by atoms with Crippen LogP contribution >= 0.6 is 0 Å². The number of carbonyl (C=O) groups is 1.